The molecule has 1 N–H and O–H groups in total. The number of likely N-dealkylation sites (tertiary alicyclic amines) is 1. The Labute approximate surface area is 140 Å². The Morgan fingerprint density at radius 3 is 2.57 bits per heavy atom. The molecule has 3 fully saturated rings. The quantitative estimate of drug-likeness (QED) is 0.813. The van der Waals surface area contributed by atoms with Crippen LogP contribution >= 0.6 is 0 Å². The number of nitrogens with zero attached hydrogens (tertiary/aromatic N) is 1. The average molecular weight is 324 g/mol. The minimum Gasteiger partial charge on any atom is -0.381 e. The van der Waals surface area contributed by atoms with E-state index >= 15 is 0 Å². The molecular formula is C18H32N2O3. The molecule has 0 unspecified atom stereocenters. The number of piperidine rings is 1. The lowest BCUT2D eigenvalue weighted by atomic mass is 9.86. The Hall–Kier alpha value is -0.650. The Balaban J connectivity index is 1.48. The van der Waals surface area contributed by atoms with E-state index in [0.29, 0.717) is 12.5 Å². The fourth-order valence-electron chi connectivity index (χ4n) is 4.24. The molecule has 132 valence electrons. The first-order chi connectivity index (χ1) is 11.3. The monoisotopic (exact) mass is 324 g/mol. The summed E-state index contributed by atoms with van der Waals surface area (Å²) in [6, 6.07) is 0. The molecule has 5 heteroatoms. The molecule has 0 spiro atoms. The number of nitrogens with one attached hydrogen (secondary N) is 1. The first-order valence-corrected chi connectivity index (χ1v) is 9.50. The zero-order valence-electron chi connectivity index (χ0n) is 14.4. The van der Waals surface area contributed by atoms with Crippen LogP contribution in [0, 0.1) is 0 Å². The summed E-state index contributed by atoms with van der Waals surface area (Å²) in [5.74, 6) is 0.184. The fraction of sp³-hybridized carbons (Fsp3) is 0.944. The second-order valence-corrected chi connectivity index (χ2v) is 7.33. The van der Waals surface area contributed by atoms with Crippen molar-refractivity contribution in [3.63, 3.8) is 0 Å². The maximum absolute atomic E-state index is 12.3. The first kappa shape index (κ1) is 17.2. The van der Waals surface area contributed by atoms with Crippen molar-refractivity contribution in [3.8, 4) is 0 Å². The van der Waals surface area contributed by atoms with Crippen LogP contribution in [-0.2, 0) is 14.3 Å². The maximum Gasteiger partial charge on any atom is 0.220 e. The van der Waals surface area contributed by atoms with Crippen LogP contribution in [-0.4, -0.2) is 61.9 Å². The van der Waals surface area contributed by atoms with E-state index in [4.69, 9.17) is 9.47 Å². The molecular weight excluding hydrogens is 292 g/mol. The van der Waals surface area contributed by atoms with E-state index in [9.17, 15) is 4.79 Å². The lowest BCUT2D eigenvalue weighted by Gasteiger charge is -2.48. The highest BCUT2D eigenvalue weighted by Gasteiger charge is 2.39. The minimum absolute atomic E-state index is 0.123. The summed E-state index contributed by atoms with van der Waals surface area (Å²) >= 11 is 0. The second kappa shape index (κ2) is 8.45. The molecule has 3 heterocycles. The zero-order valence-corrected chi connectivity index (χ0v) is 14.4. The highest BCUT2D eigenvalue weighted by molar-refractivity contribution is 5.76. The molecule has 0 aromatic heterocycles. The van der Waals surface area contributed by atoms with Gasteiger partial charge in [0, 0.05) is 38.3 Å². The average Bonchev–Trinajstić information content (AvgIpc) is 3.13. The highest BCUT2D eigenvalue weighted by Crippen LogP contribution is 2.30. The van der Waals surface area contributed by atoms with Gasteiger partial charge in [-0.2, -0.15) is 0 Å². The van der Waals surface area contributed by atoms with Crippen molar-refractivity contribution < 1.29 is 14.3 Å². The van der Waals surface area contributed by atoms with Crippen LogP contribution in [0.25, 0.3) is 0 Å². The normalized spacial score (nSPS) is 28.6. The number of amides is 1. The second-order valence-electron chi connectivity index (χ2n) is 7.33. The standard InChI is InChI=1S/C18H32N2O3/c21-17(7-6-16-5-4-12-23-16)19-15-18(8-13-22-14-9-18)20-10-2-1-3-11-20/h16H,1-15H2,(H,19,21)/t16-/m1/s1. The van der Waals surface area contributed by atoms with Crippen LogP contribution in [0.15, 0.2) is 0 Å². The molecule has 5 nitrogen and oxygen atoms in total. The molecule has 3 aliphatic heterocycles. The smallest absolute Gasteiger partial charge is 0.220 e. The van der Waals surface area contributed by atoms with Gasteiger partial charge in [0.1, 0.15) is 0 Å². The van der Waals surface area contributed by atoms with Crippen LogP contribution in [0.3, 0.4) is 0 Å². The molecule has 23 heavy (non-hydrogen) atoms. The molecule has 1 amide bonds. The van der Waals surface area contributed by atoms with Gasteiger partial charge in [0.05, 0.1) is 6.10 Å². The third-order valence-corrected chi connectivity index (χ3v) is 5.78. The number of carbonyl (C=O) groups excluding carboxylic acids is 1. The van der Waals surface area contributed by atoms with Gasteiger partial charge in [-0.15, -0.1) is 0 Å². The Bertz CT molecular complexity index is 370. The molecule has 0 aromatic rings. The SMILES string of the molecule is O=C(CC[C@H]1CCCO1)NCC1(N2CCCCC2)CCOCC1. The van der Waals surface area contributed by atoms with Gasteiger partial charge in [0.2, 0.25) is 5.91 Å². The summed E-state index contributed by atoms with van der Waals surface area (Å²) in [7, 11) is 0. The van der Waals surface area contributed by atoms with E-state index < -0.39 is 0 Å². The molecule has 0 aliphatic carbocycles. The topological polar surface area (TPSA) is 50.8 Å². The number of hydrogen-bond acceptors (Lipinski definition) is 4. The molecule has 3 rings (SSSR count). The van der Waals surface area contributed by atoms with Gasteiger partial charge in [0.25, 0.3) is 0 Å². The van der Waals surface area contributed by atoms with Crippen LogP contribution in [0.1, 0.15) is 57.8 Å². The van der Waals surface area contributed by atoms with E-state index in [2.05, 4.69) is 10.2 Å². The predicted octanol–water partition coefficient (Wildman–Crippen LogP) is 2.10. The van der Waals surface area contributed by atoms with Gasteiger partial charge >= 0.3 is 0 Å². The summed E-state index contributed by atoms with van der Waals surface area (Å²) in [5.41, 5.74) is 0.123. The summed E-state index contributed by atoms with van der Waals surface area (Å²) < 4.78 is 11.2. The molecule has 3 aliphatic rings. The van der Waals surface area contributed by atoms with Crippen molar-refractivity contribution in [2.24, 2.45) is 0 Å². The van der Waals surface area contributed by atoms with Gasteiger partial charge in [-0.1, -0.05) is 6.42 Å². The lowest BCUT2D eigenvalue weighted by molar-refractivity contribution is -0.123. The molecule has 0 saturated carbocycles. The zero-order chi connectivity index (χ0) is 16.0. The van der Waals surface area contributed by atoms with Crippen molar-refractivity contribution in [1.82, 2.24) is 10.2 Å². The molecule has 0 radical (unpaired) electrons. The summed E-state index contributed by atoms with van der Waals surface area (Å²) in [4.78, 5) is 14.9. The van der Waals surface area contributed by atoms with E-state index in [0.717, 1.165) is 58.5 Å². The summed E-state index contributed by atoms with van der Waals surface area (Å²) in [5, 5.41) is 3.22. The van der Waals surface area contributed by atoms with E-state index in [1.165, 1.54) is 32.4 Å². The Morgan fingerprint density at radius 1 is 1.09 bits per heavy atom. The van der Waals surface area contributed by atoms with Crippen LogP contribution in [0.2, 0.25) is 0 Å². The van der Waals surface area contributed by atoms with Gasteiger partial charge in [-0.25, -0.2) is 0 Å². The molecule has 1 atom stereocenters. The van der Waals surface area contributed by atoms with E-state index in [1.807, 2.05) is 0 Å². The number of ether oxygens (including phenoxy) is 2. The number of carbonyl (C=O) groups is 1. The van der Waals surface area contributed by atoms with Gasteiger partial charge < -0.3 is 14.8 Å². The Morgan fingerprint density at radius 2 is 1.87 bits per heavy atom. The Kier molecular flexibility index (Phi) is 6.31. The van der Waals surface area contributed by atoms with Crippen molar-refractivity contribution >= 4 is 5.91 Å². The van der Waals surface area contributed by atoms with Gasteiger partial charge in [-0.3, -0.25) is 9.69 Å². The lowest BCUT2D eigenvalue weighted by Crippen LogP contribution is -2.59. The summed E-state index contributed by atoms with van der Waals surface area (Å²) in [6.07, 6.45) is 10.0. The van der Waals surface area contributed by atoms with Crippen molar-refractivity contribution in [2.45, 2.75) is 69.4 Å². The van der Waals surface area contributed by atoms with Crippen LogP contribution in [0.5, 0.6) is 0 Å². The molecule has 3 saturated heterocycles. The van der Waals surface area contributed by atoms with Crippen molar-refractivity contribution in [2.75, 3.05) is 39.5 Å². The fourth-order valence-corrected chi connectivity index (χ4v) is 4.24. The third kappa shape index (κ3) is 4.68. The van der Waals surface area contributed by atoms with Crippen molar-refractivity contribution in [1.29, 1.82) is 0 Å². The maximum atomic E-state index is 12.3. The predicted molar refractivity (Wildman–Crippen MR) is 89.4 cm³/mol. The molecule has 0 aromatic carbocycles. The van der Waals surface area contributed by atoms with Gasteiger partial charge in [0.15, 0.2) is 0 Å². The van der Waals surface area contributed by atoms with E-state index in [-0.39, 0.29) is 11.4 Å². The molecule has 0 bridgehead atoms. The van der Waals surface area contributed by atoms with Crippen molar-refractivity contribution in [3.05, 3.63) is 0 Å². The van der Waals surface area contributed by atoms with Crippen LogP contribution < -0.4 is 5.32 Å². The first-order valence-electron chi connectivity index (χ1n) is 9.50. The minimum atomic E-state index is 0.123. The van der Waals surface area contributed by atoms with Gasteiger partial charge in [-0.05, 0) is 58.0 Å². The highest BCUT2D eigenvalue weighted by atomic mass is 16.5. The van der Waals surface area contributed by atoms with Crippen LogP contribution in [0.4, 0.5) is 0 Å². The number of hydrogen-bond donors (Lipinski definition) is 1. The third-order valence-electron chi connectivity index (χ3n) is 5.78. The summed E-state index contributed by atoms with van der Waals surface area (Å²) in [6.45, 7) is 5.63. The largest absolute Gasteiger partial charge is 0.381 e. The number of rotatable bonds is 6. The van der Waals surface area contributed by atoms with E-state index in [1.54, 1.807) is 0 Å².